The first kappa shape index (κ1) is 16.5. The summed E-state index contributed by atoms with van der Waals surface area (Å²) < 4.78 is 5.97. The summed E-state index contributed by atoms with van der Waals surface area (Å²) in [6.07, 6.45) is 0.946. The van der Waals surface area contributed by atoms with E-state index in [4.69, 9.17) is 4.74 Å². The number of benzene rings is 1. The van der Waals surface area contributed by atoms with Gasteiger partial charge in [0.25, 0.3) is 5.91 Å². The quantitative estimate of drug-likeness (QED) is 0.682. The third-order valence-corrected chi connectivity index (χ3v) is 4.00. The zero-order chi connectivity index (χ0) is 14.4. The van der Waals surface area contributed by atoms with E-state index in [9.17, 15) is 4.79 Å². The maximum atomic E-state index is 12.5. The summed E-state index contributed by atoms with van der Waals surface area (Å²) >= 11 is 6.81. The Hall–Kier alpha value is -0.550. The maximum absolute atomic E-state index is 12.5. The average Bonchev–Trinajstić information content (AvgIpc) is 2.38. The second kappa shape index (κ2) is 7.90. The van der Waals surface area contributed by atoms with E-state index in [0.717, 1.165) is 28.5 Å². The molecule has 106 valence electrons. The van der Waals surface area contributed by atoms with Crippen LogP contribution in [0.4, 0.5) is 0 Å². The van der Waals surface area contributed by atoms with Crippen LogP contribution in [0.15, 0.2) is 22.7 Å². The van der Waals surface area contributed by atoms with Crippen LogP contribution in [0.25, 0.3) is 0 Å². The lowest BCUT2D eigenvalue weighted by Gasteiger charge is -2.26. The van der Waals surface area contributed by atoms with Gasteiger partial charge in [0, 0.05) is 23.5 Å². The van der Waals surface area contributed by atoms with Gasteiger partial charge < -0.3 is 9.64 Å². The Kier molecular flexibility index (Phi) is 6.86. The Morgan fingerprint density at radius 3 is 2.58 bits per heavy atom. The molecular weight excluding hydrogens is 374 g/mol. The summed E-state index contributed by atoms with van der Waals surface area (Å²) in [5.41, 5.74) is 0.677. The molecule has 0 unspecified atom stereocenters. The Morgan fingerprint density at radius 1 is 1.42 bits per heavy atom. The minimum atomic E-state index is 0.0549. The first-order valence-corrected chi connectivity index (χ1v) is 8.13. The Labute approximate surface area is 131 Å². The number of alkyl halides is 1. The molecule has 0 saturated carbocycles. The molecule has 0 aliphatic carbocycles. The Balaban J connectivity index is 2.93. The summed E-state index contributed by atoms with van der Waals surface area (Å²) in [5, 5.41) is 0.899. The summed E-state index contributed by atoms with van der Waals surface area (Å²) in [6.45, 7) is 4.82. The van der Waals surface area contributed by atoms with E-state index in [1.54, 1.807) is 19.2 Å². The van der Waals surface area contributed by atoms with Crippen LogP contribution in [-0.2, 0) is 0 Å². The number of ether oxygens (including phenoxy) is 1. The fraction of sp³-hybridized carbons (Fsp3) is 0.500. The second-order valence-electron chi connectivity index (χ2n) is 4.48. The van der Waals surface area contributed by atoms with E-state index in [0.29, 0.717) is 5.56 Å². The highest BCUT2D eigenvalue weighted by Crippen LogP contribution is 2.26. The molecule has 19 heavy (non-hydrogen) atoms. The van der Waals surface area contributed by atoms with Crippen molar-refractivity contribution in [1.82, 2.24) is 4.90 Å². The molecule has 0 saturated heterocycles. The van der Waals surface area contributed by atoms with Crippen LogP contribution in [0.5, 0.6) is 5.75 Å². The predicted octanol–water partition coefficient (Wildman–Crippen LogP) is 4.09. The molecular formula is C14H19Br2NO2. The molecule has 0 radical (unpaired) electrons. The van der Waals surface area contributed by atoms with Gasteiger partial charge in [-0.05, 0) is 54.4 Å². The van der Waals surface area contributed by atoms with Crippen molar-refractivity contribution in [2.75, 3.05) is 19.0 Å². The van der Waals surface area contributed by atoms with Crippen LogP contribution in [-0.4, -0.2) is 35.8 Å². The summed E-state index contributed by atoms with van der Waals surface area (Å²) in [5.74, 6) is 0.785. The third-order valence-electron chi connectivity index (χ3n) is 2.82. The predicted molar refractivity (Wildman–Crippen MR) is 85.3 cm³/mol. The van der Waals surface area contributed by atoms with Gasteiger partial charge >= 0.3 is 0 Å². The molecule has 1 aromatic rings. The number of carbonyl (C=O) groups is 1. The lowest BCUT2D eigenvalue weighted by Crippen LogP contribution is -2.37. The number of halogens is 2. The van der Waals surface area contributed by atoms with E-state index in [2.05, 4.69) is 31.9 Å². The van der Waals surface area contributed by atoms with Gasteiger partial charge in [0.15, 0.2) is 0 Å². The SMILES string of the molecule is COc1ccc(C(=O)N(CCCBr)C(C)C)cc1Br. The zero-order valence-corrected chi connectivity index (χ0v) is 14.6. The van der Waals surface area contributed by atoms with E-state index in [1.165, 1.54) is 0 Å². The van der Waals surface area contributed by atoms with E-state index in [1.807, 2.05) is 24.8 Å². The summed E-state index contributed by atoms with van der Waals surface area (Å²) in [6, 6.07) is 5.60. The molecule has 0 aliphatic heterocycles. The minimum absolute atomic E-state index is 0.0549. The van der Waals surface area contributed by atoms with E-state index in [-0.39, 0.29) is 11.9 Å². The van der Waals surface area contributed by atoms with Gasteiger partial charge in [-0.25, -0.2) is 0 Å². The molecule has 1 aromatic carbocycles. The minimum Gasteiger partial charge on any atom is -0.496 e. The average molecular weight is 393 g/mol. The van der Waals surface area contributed by atoms with Crippen molar-refractivity contribution in [1.29, 1.82) is 0 Å². The smallest absolute Gasteiger partial charge is 0.254 e. The van der Waals surface area contributed by atoms with Crippen molar-refractivity contribution in [3.05, 3.63) is 28.2 Å². The normalized spacial score (nSPS) is 10.6. The first-order valence-electron chi connectivity index (χ1n) is 6.21. The third kappa shape index (κ3) is 4.49. The number of amides is 1. The van der Waals surface area contributed by atoms with Gasteiger partial charge in [-0.15, -0.1) is 0 Å². The van der Waals surface area contributed by atoms with Crippen molar-refractivity contribution in [2.24, 2.45) is 0 Å². The lowest BCUT2D eigenvalue weighted by atomic mass is 10.1. The van der Waals surface area contributed by atoms with Gasteiger partial charge in [0.1, 0.15) is 5.75 Å². The standard InChI is InChI=1S/C14H19Br2NO2/c1-10(2)17(8-4-7-15)14(18)11-5-6-13(19-3)12(16)9-11/h5-6,9-10H,4,7-8H2,1-3H3. The Morgan fingerprint density at radius 2 is 2.11 bits per heavy atom. The van der Waals surface area contributed by atoms with Crippen LogP contribution in [0.2, 0.25) is 0 Å². The van der Waals surface area contributed by atoms with Gasteiger partial charge in [-0.2, -0.15) is 0 Å². The molecule has 0 heterocycles. The van der Waals surface area contributed by atoms with Crippen LogP contribution in [0.3, 0.4) is 0 Å². The number of carbonyl (C=O) groups excluding carboxylic acids is 1. The highest BCUT2D eigenvalue weighted by molar-refractivity contribution is 9.10. The number of hydrogen-bond donors (Lipinski definition) is 0. The molecule has 3 nitrogen and oxygen atoms in total. The van der Waals surface area contributed by atoms with Crippen molar-refractivity contribution < 1.29 is 9.53 Å². The molecule has 0 atom stereocenters. The highest BCUT2D eigenvalue weighted by Gasteiger charge is 2.19. The molecule has 0 aromatic heterocycles. The van der Waals surface area contributed by atoms with Crippen molar-refractivity contribution in [3.8, 4) is 5.75 Å². The largest absolute Gasteiger partial charge is 0.496 e. The number of rotatable bonds is 6. The highest BCUT2D eigenvalue weighted by atomic mass is 79.9. The fourth-order valence-corrected chi connectivity index (χ4v) is 2.58. The fourth-order valence-electron chi connectivity index (χ4n) is 1.79. The lowest BCUT2D eigenvalue weighted by molar-refractivity contribution is 0.0706. The summed E-state index contributed by atoms with van der Waals surface area (Å²) in [4.78, 5) is 14.4. The second-order valence-corrected chi connectivity index (χ2v) is 6.13. The molecule has 0 N–H and O–H groups in total. The van der Waals surface area contributed by atoms with Crippen molar-refractivity contribution in [3.63, 3.8) is 0 Å². The molecule has 5 heteroatoms. The molecule has 1 rings (SSSR count). The number of methoxy groups -OCH3 is 1. The number of hydrogen-bond acceptors (Lipinski definition) is 2. The molecule has 1 amide bonds. The van der Waals surface area contributed by atoms with Crippen LogP contribution in [0, 0.1) is 0 Å². The first-order chi connectivity index (χ1) is 9.01. The number of nitrogens with zero attached hydrogens (tertiary/aromatic N) is 1. The maximum Gasteiger partial charge on any atom is 0.254 e. The molecule has 0 aliphatic rings. The van der Waals surface area contributed by atoms with Gasteiger partial charge in [0.2, 0.25) is 0 Å². The van der Waals surface area contributed by atoms with Crippen LogP contribution < -0.4 is 4.74 Å². The van der Waals surface area contributed by atoms with Gasteiger partial charge in [0.05, 0.1) is 11.6 Å². The van der Waals surface area contributed by atoms with Crippen molar-refractivity contribution in [2.45, 2.75) is 26.3 Å². The summed E-state index contributed by atoms with van der Waals surface area (Å²) in [7, 11) is 1.61. The van der Waals surface area contributed by atoms with Crippen LogP contribution in [0.1, 0.15) is 30.6 Å². The van der Waals surface area contributed by atoms with Gasteiger partial charge in [-0.1, -0.05) is 15.9 Å². The molecule has 0 fully saturated rings. The molecule has 0 spiro atoms. The van der Waals surface area contributed by atoms with Gasteiger partial charge in [-0.3, -0.25) is 4.79 Å². The van der Waals surface area contributed by atoms with E-state index < -0.39 is 0 Å². The van der Waals surface area contributed by atoms with Crippen LogP contribution >= 0.6 is 31.9 Å². The Bertz CT molecular complexity index is 435. The van der Waals surface area contributed by atoms with Crippen molar-refractivity contribution >= 4 is 37.8 Å². The topological polar surface area (TPSA) is 29.5 Å². The van der Waals surface area contributed by atoms with E-state index >= 15 is 0 Å². The zero-order valence-electron chi connectivity index (χ0n) is 11.5. The monoisotopic (exact) mass is 391 g/mol. The molecule has 0 bridgehead atoms.